The highest BCUT2D eigenvalue weighted by atomic mass is 16.5. The predicted octanol–water partition coefficient (Wildman–Crippen LogP) is 1.74. The Balaban J connectivity index is 1.60. The van der Waals surface area contributed by atoms with Crippen LogP contribution in [0, 0.1) is 0 Å². The fraction of sp³-hybridized carbons (Fsp3) is 0.389. The molecule has 0 aliphatic carbocycles. The Morgan fingerprint density at radius 3 is 2.88 bits per heavy atom. The molecule has 134 valence electrons. The largest absolute Gasteiger partial charge is 0.462 e. The van der Waals surface area contributed by atoms with Crippen molar-refractivity contribution in [1.29, 1.82) is 0 Å². The third kappa shape index (κ3) is 2.45. The monoisotopic (exact) mass is 353 g/mol. The molecule has 0 spiro atoms. The summed E-state index contributed by atoms with van der Waals surface area (Å²) in [7, 11) is 0. The Bertz CT molecular complexity index is 949. The maximum atomic E-state index is 12.2. The highest BCUT2D eigenvalue weighted by molar-refractivity contribution is 5.96. The van der Waals surface area contributed by atoms with Crippen molar-refractivity contribution in [3.05, 3.63) is 36.2 Å². The number of piperazine rings is 1. The summed E-state index contributed by atoms with van der Waals surface area (Å²) < 4.78 is 12.9. The molecule has 3 saturated heterocycles. The summed E-state index contributed by atoms with van der Waals surface area (Å²) in [5.41, 5.74) is 2.36. The van der Waals surface area contributed by atoms with Crippen molar-refractivity contribution in [1.82, 2.24) is 20.1 Å². The number of carbonyl (C=O) groups is 1. The van der Waals surface area contributed by atoms with Crippen molar-refractivity contribution in [2.24, 2.45) is 0 Å². The number of rotatable bonds is 4. The Morgan fingerprint density at radius 1 is 1.38 bits per heavy atom. The molecule has 2 bridgehead atoms. The fourth-order valence-corrected chi connectivity index (χ4v) is 3.72. The van der Waals surface area contributed by atoms with E-state index in [1.54, 1.807) is 29.9 Å². The minimum atomic E-state index is -0.379. The summed E-state index contributed by atoms with van der Waals surface area (Å²) in [5.74, 6) is -0.379. The molecule has 0 radical (unpaired) electrons. The van der Waals surface area contributed by atoms with Crippen LogP contribution < -0.4 is 10.2 Å². The smallest absolute Gasteiger partial charge is 0.338 e. The number of hydrogen-bond acceptors (Lipinski definition) is 7. The number of aromatic nitrogens is 3. The molecule has 3 fully saturated rings. The highest BCUT2D eigenvalue weighted by Gasteiger charge is 2.38. The van der Waals surface area contributed by atoms with Crippen molar-refractivity contribution in [2.45, 2.75) is 25.4 Å². The molecule has 26 heavy (non-hydrogen) atoms. The van der Waals surface area contributed by atoms with Crippen LogP contribution in [0.3, 0.4) is 0 Å². The van der Waals surface area contributed by atoms with Gasteiger partial charge in [-0.25, -0.2) is 9.48 Å². The van der Waals surface area contributed by atoms with E-state index in [4.69, 9.17) is 9.15 Å². The van der Waals surface area contributed by atoms with E-state index in [1.807, 2.05) is 12.3 Å². The molecule has 3 aliphatic rings. The SMILES string of the molecule is CCOC(=O)c1cc(-n2cccn2)c2oc(N3CC4CC(C3)N4)nc2c1. The van der Waals surface area contributed by atoms with E-state index >= 15 is 0 Å². The average Bonchev–Trinajstić information content (AvgIpc) is 3.30. The van der Waals surface area contributed by atoms with Gasteiger partial charge in [0.15, 0.2) is 5.58 Å². The molecular weight excluding hydrogens is 334 g/mol. The Morgan fingerprint density at radius 2 is 2.19 bits per heavy atom. The standard InChI is InChI=1S/C18H19N5O3/c1-2-25-17(24)11-6-14-16(15(7-11)23-5-3-4-19-23)26-18(21-14)22-9-12-8-13(10-22)20-12/h3-7,12-13,20H,2,8-10H2,1H3. The Labute approximate surface area is 149 Å². The molecule has 5 heterocycles. The second-order valence-corrected chi connectivity index (χ2v) is 6.71. The van der Waals surface area contributed by atoms with Crippen LogP contribution in [0.4, 0.5) is 6.01 Å². The molecule has 3 aromatic rings. The number of carbonyl (C=O) groups excluding carboxylic acids is 1. The van der Waals surface area contributed by atoms with Crippen LogP contribution in [-0.4, -0.2) is 52.5 Å². The van der Waals surface area contributed by atoms with Gasteiger partial charge in [-0.1, -0.05) is 0 Å². The van der Waals surface area contributed by atoms with Crippen LogP contribution in [0.15, 0.2) is 35.0 Å². The number of fused-ring (bicyclic) bond motifs is 3. The summed E-state index contributed by atoms with van der Waals surface area (Å²) in [6.45, 7) is 3.87. The normalized spacial score (nSPS) is 21.7. The lowest BCUT2D eigenvalue weighted by molar-refractivity contribution is 0.0526. The molecule has 6 rings (SSSR count). The first-order valence-electron chi connectivity index (χ1n) is 8.84. The summed E-state index contributed by atoms with van der Waals surface area (Å²) >= 11 is 0. The number of esters is 1. The topological polar surface area (TPSA) is 85.4 Å². The van der Waals surface area contributed by atoms with E-state index in [-0.39, 0.29) is 5.97 Å². The van der Waals surface area contributed by atoms with Gasteiger partial charge in [-0.05, 0) is 31.5 Å². The summed E-state index contributed by atoms with van der Waals surface area (Å²) in [5, 5.41) is 7.78. The number of oxazole rings is 1. The molecule has 0 saturated carbocycles. The number of ether oxygens (including phenoxy) is 1. The number of hydrogen-bond donors (Lipinski definition) is 1. The van der Waals surface area contributed by atoms with E-state index in [2.05, 4.69) is 20.3 Å². The number of benzene rings is 1. The Hall–Kier alpha value is -2.87. The number of nitrogens with zero attached hydrogens (tertiary/aromatic N) is 4. The minimum absolute atomic E-state index is 0.321. The molecule has 1 aromatic carbocycles. The van der Waals surface area contributed by atoms with Crippen LogP contribution in [0.25, 0.3) is 16.8 Å². The van der Waals surface area contributed by atoms with Gasteiger partial charge in [0.05, 0.1) is 12.2 Å². The lowest BCUT2D eigenvalue weighted by atomic mass is 9.92. The lowest BCUT2D eigenvalue weighted by Crippen LogP contribution is -2.67. The predicted molar refractivity (Wildman–Crippen MR) is 94.6 cm³/mol. The van der Waals surface area contributed by atoms with Gasteiger partial charge < -0.3 is 19.4 Å². The zero-order chi connectivity index (χ0) is 17.7. The summed E-state index contributed by atoms with van der Waals surface area (Å²) in [4.78, 5) is 19.0. The Kier molecular flexibility index (Phi) is 3.46. The third-order valence-electron chi connectivity index (χ3n) is 4.91. The van der Waals surface area contributed by atoms with Crippen LogP contribution in [0.1, 0.15) is 23.7 Å². The fourth-order valence-electron chi connectivity index (χ4n) is 3.72. The van der Waals surface area contributed by atoms with Gasteiger partial charge in [-0.15, -0.1) is 0 Å². The maximum absolute atomic E-state index is 12.2. The average molecular weight is 353 g/mol. The third-order valence-corrected chi connectivity index (χ3v) is 4.91. The van der Waals surface area contributed by atoms with E-state index in [0.717, 1.165) is 13.1 Å². The molecule has 2 unspecified atom stereocenters. The van der Waals surface area contributed by atoms with Crippen molar-refractivity contribution in [2.75, 3.05) is 24.6 Å². The van der Waals surface area contributed by atoms with Crippen LogP contribution >= 0.6 is 0 Å². The zero-order valence-electron chi connectivity index (χ0n) is 14.4. The molecule has 8 nitrogen and oxygen atoms in total. The number of nitrogens with one attached hydrogen (secondary N) is 1. The van der Waals surface area contributed by atoms with Crippen LogP contribution in [-0.2, 0) is 4.74 Å². The highest BCUT2D eigenvalue weighted by Crippen LogP contribution is 2.32. The van der Waals surface area contributed by atoms with Crippen LogP contribution in [0.2, 0.25) is 0 Å². The quantitative estimate of drug-likeness (QED) is 0.715. The zero-order valence-corrected chi connectivity index (χ0v) is 14.4. The summed E-state index contributed by atoms with van der Waals surface area (Å²) in [6, 6.07) is 6.87. The van der Waals surface area contributed by atoms with Crippen molar-refractivity contribution in [3.8, 4) is 5.69 Å². The lowest BCUT2D eigenvalue weighted by Gasteiger charge is -2.47. The second kappa shape index (κ2) is 5.84. The molecule has 0 amide bonds. The van der Waals surface area contributed by atoms with Gasteiger partial charge in [0.2, 0.25) is 0 Å². The first-order valence-corrected chi connectivity index (χ1v) is 8.84. The molecule has 2 aromatic heterocycles. The second-order valence-electron chi connectivity index (χ2n) is 6.71. The number of piperidine rings is 1. The van der Waals surface area contributed by atoms with Gasteiger partial charge in [0, 0.05) is 37.6 Å². The molecular formula is C18H19N5O3. The van der Waals surface area contributed by atoms with E-state index < -0.39 is 0 Å². The molecule has 2 atom stereocenters. The van der Waals surface area contributed by atoms with E-state index in [9.17, 15) is 4.79 Å². The van der Waals surface area contributed by atoms with E-state index in [0.29, 0.717) is 47.1 Å². The summed E-state index contributed by atoms with van der Waals surface area (Å²) in [6.07, 6.45) is 4.71. The van der Waals surface area contributed by atoms with E-state index in [1.165, 1.54) is 6.42 Å². The molecule has 3 aliphatic heterocycles. The van der Waals surface area contributed by atoms with Crippen molar-refractivity contribution < 1.29 is 13.9 Å². The van der Waals surface area contributed by atoms with Gasteiger partial charge >= 0.3 is 5.97 Å². The first-order chi connectivity index (χ1) is 12.7. The number of anilines is 1. The minimum Gasteiger partial charge on any atom is -0.462 e. The van der Waals surface area contributed by atoms with Gasteiger partial charge in [0.25, 0.3) is 6.01 Å². The van der Waals surface area contributed by atoms with Gasteiger partial charge in [-0.2, -0.15) is 10.1 Å². The maximum Gasteiger partial charge on any atom is 0.338 e. The first kappa shape index (κ1) is 15.4. The van der Waals surface area contributed by atoms with Crippen molar-refractivity contribution >= 4 is 23.1 Å². The van der Waals surface area contributed by atoms with Gasteiger partial charge in [-0.3, -0.25) is 0 Å². The molecule has 1 N–H and O–H groups in total. The van der Waals surface area contributed by atoms with Crippen LogP contribution in [0.5, 0.6) is 0 Å². The molecule has 8 heteroatoms. The van der Waals surface area contributed by atoms with Gasteiger partial charge in [0.1, 0.15) is 11.2 Å². The van der Waals surface area contributed by atoms with Crippen molar-refractivity contribution in [3.63, 3.8) is 0 Å².